The molecule has 0 atom stereocenters. The van der Waals surface area contributed by atoms with Gasteiger partial charge < -0.3 is 9.79 Å². The molecule has 3 aromatic rings. The predicted molar refractivity (Wildman–Crippen MR) is 68.7 cm³/mol. The highest BCUT2D eigenvalue weighted by Gasteiger charge is 2.22. The molecule has 0 bridgehead atoms. The van der Waals surface area contributed by atoms with Crippen LogP contribution in [-0.4, -0.2) is 19.8 Å². The summed E-state index contributed by atoms with van der Waals surface area (Å²) < 4.78 is 11.5. The van der Waals surface area contributed by atoms with E-state index in [0.29, 0.717) is 21.8 Å². The maximum Gasteiger partial charge on any atom is 0.356 e. The van der Waals surface area contributed by atoms with Crippen molar-refractivity contribution in [3.8, 4) is 0 Å². The molecule has 0 radical (unpaired) electrons. The molecule has 6 heteroatoms. The zero-order valence-corrected chi connectivity index (χ0v) is 10.1. The van der Waals surface area contributed by atoms with Gasteiger partial charge in [0.25, 0.3) is 0 Å². The summed E-state index contributed by atoms with van der Waals surface area (Å²) in [4.78, 5) is 27.2. The zero-order valence-electron chi connectivity index (χ0n) is 9.19. The monoisotopic (exact) mass is 260 g/mol. The Bertz CT molecular complexity index is 798. The van der Waals surface area contributed by atoms with Crippen molar-refractivity contribution in [2.75, 3.05) is 0 Å². The second-order valence-electron chi connectivity index (χ2n) is 3.91. The lowest BCUT2D eigenvalue weighted by atomic mass is 10.1. The highest BCUT2D eigenvalue weighted by molar-refractivity contribution is 7.60. The number of rotatable bonds is 1. The van der Waals surface area contributed by atoms with Gasteiger partial charge in [-0.15, -0.1) is 0 Å². The molecule has 0 saturated heterocycles. The smallest absolute Gasteiger partial charge is 0.321 e. The molecule has 0 unspecified atom stereocenters. The average molecular weight is 260 g/mol. The Labute approximate surface area is 102 Å². The van der Waals surface area contributed by atoms with Crippen molar-refractivity contribution in [3.05, 3.63) is 42.7 Å². The molecule has 2 heterocycles. The minimum Gasteiger partial charge on any atom is -0.321 e. The van der Waals surface area contributed by atoms with Crippen molar-refractivity contribution in [3.63, 3.8) is 0 Å². The van der Waals surface area contributed by atoms with E-state index in [-0.39, 0.29) is 5.30 Å². The van der Waals surface area contributed by atoms with Crippen molar-refractivity contribution < 1.29 is 14.4 Å². The third-order valence-corrected chi connectivity index (χ3v) is 3.75. The summed E-state index contributed by atoms with van der Waals surface area (Å²) in [5.74, 6) is 0. The molecular formula is C12H9N2O3P. The largest absolute Gasteiger partial charge is 0.356 e. The quantitative estimate of drug-likeness (QED) is 0.512. The van der Waals surface area contributed by atoms with Crippen LogP contribution in [0.15, 0.2) is 42.7 Å². The van der Waals surface area contributed by atoms with Gasteiger partial charge in [-0.25, -0.2) is 0 Å². The fraction of sp³-hybridized carbons (Fsp3) is 0. The molecular weight excluding hydrogens is 251 g/mol. The van der Waals surface area contributed by atoms with E-state index < -0.39 is 7.60 Å². The van der Waals surface area contributed by atoms with Crippen LogP contribution in [0.5, 0.6) is 0 Å². The van der Waals surface area contributed by atoms with E-state index in [0.717, 1.165) is 0 Å². The Morgan fingerprint density at radius 1 is 1.00 bits per heavy atom. The SMILES string of the molecule is O=P(O)(O)c1cc2cccnc2c2ncccc12. The molecule has 2 N–H and O–H groups in total. The lowest BCUT2D eigenvalue weighted by Gasteiger charge is -2.09. The summed E-state index contributed by atoms with van der Waals surface area (Å²) in [6, 6.07) is 8.25. The Morgan fingerprint density at radius 3 is 2.39 bits per heavy atom. The number of hydrogen-bond donors (Lipinski definition) is 2. The van der Waals surface area contributed by atoms with E-state index in [4.69, 9.17) is 0 Å². The molecule has 0 saturated carbocycles. The summed E-state index contributed by atoms with van der Waals surface area (Å²) in [6.07, 6.45) is 3.22. The van der Waals surface area contributed by atoms with Gasteiger partial charge in [-0.2, -0.15) is 0 Å². The molecule has 0 aliphatic heterocycles. The Balaban J connectivity index is 2.59. The molecule has 3 rings (SSSR count). The van der Waals surface area contributed by atoms with E-state index in [1.165, 1.54) is 6.07 Å². The number of aromatic nitrogens is 2. The van der Waals surface area contributed by atoms with Crippen molar-refractivity contribution >= 4 is 34.7 Å². The van der Waals surface area contributed by atoms with Crippen molar-refractivity contribution in [2.24, 2.45) is 0 Å². The summed E-state index contributed by atoms with van der Waals surface area (Å²) in [5.41, 5.74) is 1.15. The first kappa shape index (κ1) is 11.3. The van der Waals surface area contributed by atoms with Crippen LogP contribution >= 0.6 is 7.60 Å². The van der Waals surface area contributed by atoms with Crippen LogP contribution in [0.1, 0.15) is 0 Å². The molecule has 0 spiro atoms. The van der Waals surface area contributed by atoms with Crippen molar-refractivity contribution in [1.29, 1.82) is 0 Å². The fourth-order valence-electron chi connectivity index (χ4n) is 2.00. The van der Waals surface area contributed by atoms with Gasteiger partial charge in [0.05, 0.1) is 16.3 Å². The lowest BCUT2D eigenvalue weighted by Crippen LogP contribution is -2.06. The van der Waals surface area contributed by atoms with E-state index >= 15 is 0 Å². The maximum absolute atomic E-state index is 11.5. The first-order valence-electron chi connectivity index (χ1n) is 5.26. The summed E-state index contributed by atoms with van der Waals surface area (Å²) in [5, 5.41) is 1.10. The van der Waals surface area contributed by atoms with E-state index in [2.05, 4.69) is 9.97 Å². The van der Waals surface area contributed by atoms with Crippen LogP contribution in [0.3, 0.4) is 0 Å². The highest BCUT2D eigenvalue weighted by Crippen LogP contribution is 2.37. The minimum absolute atomic E-state index is 0.00824. The Morgan fingerprint density at radius 2 is 1.67 bits per heavy atom. The lowest BCUT2D eigenvalue weighted by molar-refractivity contribution is 0.388. The van der Waals surface area contributed by atoms with Crippen molar-refractivity contribution in [1.82, 2.24) is 9.97 Å². The number of fused-ring (bicyclic) bond motifs is 3. The van der Waals surface area contributed by atoms with Crippen LogP contribution in [-0.2, 0) is 4.57 Å². The Hall–Kier alpha value is -1.81. The highest BCUT2D eigenvalue weighted by atomic mass is 31.2. The third-order valence-electron chi connectivity index (χ3n) is 2.75. The molecule has 90 valence electrons. The minimum atomic E-state index is -4.34. The Kier molecular flexibility index (Phi) is 2.41. The topological polar surface area (TPSA) is 83.3 Å². The van der Waals surface area contributed by atoms with Gasteiger partial charge >= 0.3 is 7.60 Å². The number of benzene rings is 1. The zero-order chi connectivity index (χ0) is 12.8. The molecule has 0 aliphatic carbocycles. The van der Waals surface area contributed by atoms with Crippen LogP contribution in [0.25, 0.3) is 21.8 Å². The normalized spacial score (nSPS) is 12.1. The third kappa shape index (κ3) is 1.69. The molecule has 1 aromatic carbocycles. The first-order chi connectivity index (χ1) is 8.57. The molecule has 5 nitrogen and oxygen atoms in total. The number of hydrogen-bond acceptors (Lipinski definition) is 3. The first-order valence-corrected chi connectivity index (χ1v) is 6.87. The molecule has 0 fully saturated rings. The van der Waals surface area contributed by atoms with Crippen LogP contribution in [0, 0.1) is 0 Å². The summed E-state index contributed by atoms with van der Waals surface area (Å²) in [7, 11) is -4.34. The van der Waals surface area contributed by atoms with Gasteiger partial charge in [0.2, 0.25) is 0 Å². The second kappa shape index (κ2) is 3.85. The molecule has 2 aromatic heterocycles. The van der Waals surface area contributed by atoms with Gasteiger partial charge in [-0.3, -0.25) is 14.5 Å². The van der Waals surface area contributed by atoms with Crippen LogP contribution in [0.4, 0.5) is 0 Å². The molecule has 0 aliphatic rings. The van der Waals surface area contributed by atoms with Gasteiger partial charge in [-0.05, 0) is 18.2 Å². The predicted octanol–water partition coefficient (Wildman–Crippen LogP) is 1.59. The van der Waals surface area contributed by atoms with Crippen LogP contribution in [0.2, 0.25) is 0 Å². The van der Waals surface area contributed by atoms with E-state index in [1.807, 2.05) is 0 Å². The number of nitrogens with zero attached hydrogens (tertiary/aromatic N) is 2. The molecule has 18 heavy (non-hydrogen) atoms. The van der Waals surface area contributed by atoms with Gasteiger partial charge in [0.15, 0.2) is 0 Å². The fourth-order valence-corrected chi connectivity index (χ4v) is 2.80. The summed E-state index contributed by atoms with van der Waals surface area (Å²) >= 11 is 0. The number of pyridine rings is 2. The summed E-state index contributed by atoms with van der Waals surface area (Å²) in [6.45, 7) is 0. The average Bonchev–Trinajstić information content (AvgIpc) is 2.37. The second-order valence-corrected chi connectivity index (χ2v) is 5.48. The van der Waals surface area contributed by atoms with Gasteiger partial charge in [0, 0.05) is 23.2 Å². The van der Waals surface area contributed by atoms with Crippen LogP contribution < -0.4 is 5.30 Å². The standard InChI is InChI=1S/C12H9N2O3P/c15-18(16,17)10-7-8-3-1-5-13-11(8)12-9(10)4-2-6-14-12/h1-7H,(H2,15,16,17). The van der Waals surface area contributed by atoms with Gasteiger partial charge in [-0.1, -0.05) is 12.1 Å². The van der Waals surface area contributed by atoms with Crippen molar-refractivity contribution in [2.45, 2.75) is 0 Å². The maximum atomic E-state index is 11.5. The molecule has 0 amide bonds. The van der Waals surface area contributed by atoms with Gasteiger partial charge in [0.1, 0.15) is 0 Å². The van der Waals surface area contributed by atoms with E-state index in [1.54, 1.807) is 36.7 Å². The van der Waals surface area contributed by atoms with E-state index in [9.17, 15) is 14.4 Å².